The molecule has 0 heterocycles. The molecule has 0 aromatic carbocycles. The van der Waals surface area contributed by atoms with Crippen LogP contribution in [0.1, 0.15) is 34.1 Å². The zero-order valence-corrected chi connectivity index (χ0v) is 13.4. The Balaban J connectivity index is 4.60. The summed E-state index contributed by atoms with van der Waals surface area (Å²) in [6.07, 6.45) is 0.971. The summed E-state index contributed by atoms with van der Waals surface area (Å²) in [5, 5.41) is 5.29. The fourth-order valence-electron chi connectivity index (χ4n) is 1.32. The third kappa shape index (κ3) is 9.48. The van der Waals surface area contributed by atoms with Crippen LogP contribution in [0.4, 0.5) is 4.79 Å². The Labute approximate surface area is 125 Å². The van der Waals surface area contributed by atoms with Gasteiger partial charge in [0.15, 0.2) is 0 Å². The van der Waals surface area contributed by atoms with Crippen LogP contribution in [-0.4, -0.2) is 43.7 Å². The lowest BCUT2D eigenvalue weighted by Gasteiger charge is -2.23. The molecular formula is C14H25N3O4. The van der Waals surface area contributed by atoms with Crippen molar-refractivity contribution in [2.45, 2.75) is 45.8 Å². The van der Waals surface area contributed by atoms with Crippen molar-refractivity contribution >= 4 is 18.4 Å². The van der Waals surface area contributed by atoms with Gasteiger partial charge in [-0.3, -0.25) is 4.99 Å². The third-order valence-corrected chi connectivity index (χ3v) is 2.17. The van der Waals surface area contributed by atoms with Crippen LogP contribution in [-0.2, 0) is 14.3 Å². The molecule has 0 rings (SSSR count). The van der Waals surface area contributed by atoms with Crippen LogP contribution in [0.15, 0.2) is 17.3 Å². The topological polar surface area (TPSA) is 89.0 Å². The summed E-state index contributed by atoms with van der Waals surface area (Å²) in [5.41, 5.74) is -0.119. The zero-order chi connectivity index (χ0) is 16.5. The van der Waals surface area contributed by atoms with Crippen molar-refractivity contribution in [3.05, 3.63) is 12.3 Å². The largest absolute Gasteiger partial charge is 0.467 e. The average molecular weight is 299 g/mol. The number of alkyl carbamates (subject to hydrolysis) is 1. The molecule has 0 bridgehead atoms. The minimum Gasteiger partial charge on any atom is -0.467 e. The fraction of sp³-hybridized carbons (Fsp3) is 0.643. The molecule has 2 N–H and O–H groups in total. The van der Waals surface area contributed by atoms with Crippen molar-refractivity contribution in [1.29, 1.82) is 0 Å². The standard InChI is InChI=1S/C14H25N3O4/c1-7-15-9-16-10(2)8-11(12(18)20-6)17-13(19)21-14(3,4)5/h9,11H,2,7-8H2,1,3-6H3,(H,15,16)(H,17,19). The van der Waals surface area contributed by atoms with E-state index in [1.165, 1.54) is 13.4 Å². The average Bonchev–Trinajstić information content (AvgIpc) is 2.35. The smallest absolute Gasteiger partial charge is 0.408 e. The van der Waals surface area contributed by atoms with Crippen LogP contribution in [0.25, 0.3) is 0 Å². The van der Waals surface area contributed by atoms with Gasteiger partial charge in [-0.25, -0.2) is 9.59 Å². The SMILES string of the molecule is C=C(CC(NC(=O)OC(C)(C)C)C(=O)OC)NC=NCC. The molecule has 0 saturated carbocycles. The van der Waals surface area contributed by atoms with E-state index in [4.69, 9.17) is 4.74 Å². The minimum atomic E-state index is -0.875. The summed E-state index contributed by atoms with van der Waals surface area (Å²) in [6.45, 7) is 11.5. The Kier molecular flexibility index (Phi) is 8.11. The van der Waals surface area contributed by atoms with E-state index in [1.54, 1.807) is 20.8 Å². The van der Waals surface area contributed by atoms with Gasteiger partial charge in [-0.2, -0.15) is 0 Å². The molecule has 0 spiro atoms. The highest BCUT2D eigenvalue weighted by molar-refractivity contribution is 5.81. The molecule has 1 atom stereocenters. The molecular weight excluding hydrogens is 274 g/mol. The number of carbonyl (C=O) groups is 2. The normalized spacial score (nSPS) is 12.6. The van der Waals surface area contributed by atoms with Crippen LogP contribution >= 0.6 is 0 Å². The number of hydrogen-bond donors (Lipinski definition) is 2. The van der Waals surface area contributed by atoms with Crippen LogP contribution in [0.2, 0.25) is 0 Å². The predicted molar refractivity (Wildman–Crippen MR) is 81.1 cm³/mol. The molecule has 0 saturated heterocycles. The predicted octanol–water partition coefficient (Wildman–Crippen LogP) is 1.59. The van der Waals surface area contributed by atoms with Crippen molar-refractivity contribution in [3.8, 4) is 0 Å². The van der Waals surface area contributed by atoms with Crippen molar-refractivity contribution < 1.29 is 19.1 Å². The van der Waals surface area contributed by atoms with Gasteiger partial charge in [-0.1, -0.05) is 6.58 Å². The molecule has 0 aliphatic heterocycles. The van der Waals surface area contributed by atoms with E-state index in [2.05, 4.69) is 26.9 Å². The maximum absolute atomic E-state index is 11.7. The highest BCUT2D eigenvalue weighted by atomic mass is 16.6. The van der Waals surface area contributed by atoms with Gasteiger partial charge in [-0.15, -0.1) is 0 Å². The second-order valence-electron chi connectivity index (χ2n) is 5.30. The quantitative estimate of drug-likeness (QED) is 0.423. The third-order valence-electron chi connectivity index (χ3n) is 2.17. The summed E-state index contributed by atoms with van der Waals surface area (Å²) in [6, 6.07) is -0.875. The minimum absolute atomic E-state index is 0.168. The van der Waals surface area contributed by atoms with Crippen LogP contribution in [0, 0.1) is 0 Å². The first-order valence-electron chi connectivity index (χ1n) is 6.69. The Hall–Kier alpha value is -2.05. The maximum Gasteiger partial charge on any atom is 0.408 e. The molecule has 0 aliphatic rings. The van der Waals surface area contributed by atoms with Gasteiger partial charge in [0.05, 0.1) is 13.4 Å². The van der Waals surface area contributed by atoms with Gasteiger partial charge in [0.1, 0.15) is 11.6 Å². The number of nitrogens with zero attached hydrogens (tertiary/aromatic N) is 1. The number of amides is 1. The summed E-state index contributed by atoms with van der Waals surface area (Å²) in [7, 11) is 1.25. The lowest BCUT2D eigenvalue weighted by molar-refractivity contribution is -0.143. The van der Waals surface area contributed by atoms with Crippen molar-refractivity contribution in [2.24, 2.45) is 4.99 Å². The van der Waals surface area contributed by atoms with Crippen LogP contribution in [0.3, 0.4) is 0 Å². The van der Waals surface area contributed by atoms with Gasteiger partial charge in [0.25, 0.3) is 0 Å². The lowest BCUT2D eigenvalue weighted by atomic mass is 10.1. The van der Waals surface area contributed by atoms with Crippen molar-refractivity contribution in [2.75, 3.05) is 13.7 Å². The molecule has 1 amide bonds. The Morgan fingerprint density at radius 1 is 1.38 bits per heavy atom. The zero-order valence-electron chi connectivity index (χ0n) is 13.4. The number of carbonyl (C=O) groups excluding carboxylic acids is 2. The first-order valence-corrected chi connectivity index (χ1v) is 6.69. The molecule has 7 heteroatoms. The van der Waals surface area contributed by atoms with E-state index < -0.39 is 23.7 Å². The summed E-state index contributed by atoms with van der Waals surface area (Å²) >= 11 is 0. The fourth-order valence-corrected chi connectivity index (χ4v) is 1.32. The number of aliphatic imine (C=N–C) groups is 1. The van der Waals surface area contributed by atoms with Gasteiger partial charge >= 0.3 is 12.1 Å². The Morgan fingerprint density at radius 3 is 2.48 bits per heavy atom. The summed E-state index contributed by atoms with van der Waals surface area (Å²) in [5.74, 6) is -0.573. The van der Waals surface area contributed by atoms with Gasteiger partial charge in [0, 0.05) is 18.7 Å². The van der Waals surface area contributed by atoms with Crippen molar-refractivity contribution in [1.82, 2.24) is 10.6 Å². The van der Waals surface area contributed by atoms with E-state index in [0.29, 0.717) is 12.2 Å². The maximum atomic E-state index is 11.7. The van der Waals surface area contributed by atoms with Crippen LogP contribution in [0.5, 0.6) is 0 Å². The molecule has 0 fully saturated rings. The van der Waals surface area contributed by atoms with E-state index in [0.717, 1.165) is 0 Å². The summed E-state index contributed by atoms with van der Waals surface area (Å²) < 4.78 is 9.77. The molecule has 1 unspecified atom stereocenters. The first-order chi connectivity index (χ1) is 9.69. The number of methoxy groups -OCH3 is 1. The molecule has 0 aliphatic carbocycles. The number of nitrogens with one attached hydrogen (secondary N) is 2. The Morgan fingerprint density at radius 2 is 2.00 bits per heavy atom. The molecule has 0 aromatic heterocycles. The molecule has 7 nitrogen and oxygen atoms in total. The van der Waals surface area contributed by atoms with E-state index in [-0.39, 0.29) is 6.42 Å². The highest BCUT2D eigenvalue weighted by Crippen LogP contribution is 2.08. The number of hydrogen-bond acceptors (Lipinski definition) is 5. The van der Waals surface area contributed by atoms with Crippen LogP contribution < -0.4 is 10.6 Å². The number of rotatable bonds is 7. The number of esters is 1. The monoisotopic (exact) mass is 299 g/mol. The first kappa shape index (κ1) is 18.9. The molecule has 120 valence electrons. The molecule has 0 aromatic rings. The van der Waals surface area contributed by atoms with E-state index >= 15 is 0 Å². The highest BCUT2D eigenvalue weighted by Gasteiger charge is 2.25. The van der Waals surface area contributed by atoms with Gasteiger partial charge < -0.3 is 20.1 Å². The van der Waals surface area contributed by atoms with E-state index in [1.807, 2.05) is 6.92 Å². The van der Waals surface area contributed by atoms with E-state index in [9.17, 15) is 9.59 Å². The molecule has 0 radical (unpaired) electrons. The number of ether oxygens (including phenoxy) is 2. The lowest BCUT2D eigenvalue weighted by Crippen LogP contribution is -2.44. The second-order valence-corrected chi connectivity index (χ2v) is 5.30. The van der Waals surface area contributed by atoms with Crippen molar-refractivity contribution in [3.63, 3.8) is 0 Å². The van der Waals surface area contributed by atoms with Gasteiger partial charge in [0.2, 0.25) is 0 Å². The second kappa shape index (κ2) is 8.99. The van der Waals surface area contributed by atoms with Gasteiger partial charge in [-0.05, 0) is 27.7 Å². The summed E-state index contributed by atoms with van der Waals surface area (Å²) in [4.78, 5) is 27.4. The Bertz CT molecular complexity index is 400. The molecule has 21 heavy (non-hydrogen) atoms.